The summed E-state index contributed by atoms with van der Waals surface area (Å²) in [6.45, 7) is 0.0468. The summed E-state index contributed by atoms with van der Waals surface area (Å²) in [4.78, 5) is 37.5. The minimum atomic E-state index is -0.940. The molecule has 2 aromatic rings. The molecule has 0 fully saturated rings. The Balaban J connectivity index is 2.52. The first-order valence-corrected chi connectivity index (χ1v) is 9.31. The maximum Gasteiger partial charge on any atom is 0.249 e. The summed E-state index contributed by atoms with van der Waals surface area (Å²) in [7, 11) is 1.46. The number of ketones is 1. The number of fused-ring (bicyclic) bond motifs is 1. The quantitative estimate of drug-likeness (QED) is 0.135. The Morgan fingerprint density at radius 2 is 1.83 bits per heavy atom. The van der Waals surface area contributed by atoms with Gasteiger partial charge in [0, 0.05) is 17.5 Å². The fourth-order valence-corrected chi connectivity index (χ4v) is 3.20. The molecule has 0 saturated heterocycles. The van der Waals surface area contributed by atoms with Crippen LogP contribution in [-0.4, -0.2) is 49.8 Å². The first kappa shape index (κ1) is 22.6. The van der Waals surface area contributed by atoms with E-state index >= 15 is 0 Å². The number of carbonyl (C=O) groups excluding carboxylic acids is 3. The minimum absolute atomic E-state index is 0.00408. The zero-order chi connectivity index (χ0) is 22.3. The summed E-state index contributed by atoms with van der Waals surface area (Å²) < 4.78 is 5.35. The number of guanidine groups is 1. The molecule has 10 nitrogen and oxygen atoms in total. The predicted octanol–water partition coefficient (Wildman–Crippen LogP) is -0.163. The van der Waals surface area contributed by atoms with E-state index in [0.29, 0.717) is 29.5 Å². The molecule has 0 aromatic heterocycles. The molecule has 2 amide bonds. The fraction of sp³-hybridized carbons (Fsp3) is 0.300. The molecule has 0 aliphatic heterocycles. The van der Waals surface area contributed by atoms with Gasteiger partial charge in [0.1, 0.15) is 5.75 Å². The van der Waals surface area contributed by atoms with Gasteiger partial charge in [-0.3, -0.25) is 19.8 Å². The minimum Gasteiger partial charge on any atom is -0.496 e. The van der Waals surface area contributed by atoms with Gasteiger partial charge in [0.25, 0.3) is 0 Å². The highest BCUT2D eigenvalue weighted by Crippen LogP contribution is 2.32. The van der Waals surface area contributed by atoms with Crippen LogP contribution in [0, 0.1) is 5.41 Å². The van der Waals surface area contributed by atoms with Gasteiger partial charge in [0.2, 0.25) is 11.8 Å². The van der Waals surface area contributed by atoms with Gasteiger partial charge < -0.3 is 32.6 Å². The van der Waals surface area contributed by atoms with E-state index in [-0.39, 0.29) is 30.1 Å². The molecule has 160 valence electrons. The van der Waals surface area contributed by atoms with Crippen molar-refractivity contribution >= 4 is 34.3 Å². The number of primary amides is 1. The molecule has 0 bridgehead atoms. The van der Waals surface area contributed by atoms with Crippen LogP contribution in [-0.2, 0) is 4.79 Å². The zero-order valence-corrected chi connectivity index (χ0v) is 16.7. The van der Waals surface area contributed by atoms with Crippen LogP contribution >= 0.6 is 0 Å². The highest BCUT2D eigenvalue weighted by atomic mass is 16.5. The van der Waals surface area contributed by atoms with Gasteiger partial charge in [0.05, 0.1) is 25.3 Å². The SMILES string of the molecule is COc1cc(C(N)=O)c(C(=O)C(CCCNC(=N)N)NC(=O)CN)c2ccccc12. The lowest BCUT2D eigenvalue weighted by atomic mass is 9.90. The molecule has 0 spiro atoms. The van der Waals surface area contributed by atoms with Gasteiger partial charge in [-0.1, -0.05) is 24.3 Å². The average Bonchev–Trinajstić information content (AvgIpc) is 2.73. The van der Waals surface area contributed by atoms with Crippen LogP contribution in [0.1, 0.15) is 33.6 Å². The standard InChI is InChI=1S/C20H26N6O4/c1-30-15-9-13(19(22)29)17(12-6-3-2-5-11(12)15)18(28)14(26-16(27)10-21)7-4-8-25-20(23)24/h2-3,5-6,9,14H,4,7-8,10,21H2,1H3,(H2,22,29)(H,26,27)(H4,23,24,25). The second-order valence-electron chi connectivity index (χ2n) is 6.58. The monoisotopic (exact) mass is 414 g/mol. The predicted molar refractivity (Wildman–Crippen MR) is 113 cm³/mol. The molecule has 9 N–H and O–H groups in total. The maximum absolute atomic E-state index is 13.5. The van der Waals surface area contributed by atoms with E-state index in [4.69, 9.17) is 27.3 Å². The summed E-state index contributed by atoms with van der Waals surface area (Å²) in [6.07, 6.45) is 0.671. The van der Waals surface area contributed by atoms with E-state index in [0.717, 1.165) is 0 Å². The molecule has 0 saturated carbocycles. The van der Waals surface area contributed by atoms with Crippen molar-refractivity contribution in [3.8, 4) is 5.75 Å². The number of Topliss-reactive ketones (excluding diaryl/α,β-unsaturated/α-hetero) is 1. The van der Waals surface area contributed by atoms with Crippen molar-refractivity contribution in [2.45, 2.75) is 18.9 Å². The number of benzene rings is 2. The topological polar surface area (TPSA) is 186 Å². The van der Waals surface area contributed by atoms with Crippen molar-refractivity contribution in [2.75, 3.05) is 20.2 Å². The van der Waals surface area contributed by atoms with Crippen LogP contribution in [0.2, 0.25) is 0 Å². The van der Waals surface area contributed by atoms with Gasteiger partial charge in [0.15, 0.2) is 11.7 Å². The number of nitrogens with one attached hydrogen (secondary N) is 3. The molecule has 2 aromatic carbocycles. The van der Waals surface area contributed by atoms with Crippen molar-refractivity contribution in [3.63, 3.8) is 0 Å². The van der Waals surface area contributed by atoms with E-state index in [1.54, 1.807) is 24.3 Å². The second-order valence-corrected chi connectivity index (χ2v) is 6.58. The van der Waals surface area contributed by atoms with Gasteiger partial charge >= 0.3 is 0 Å². The third-order valence-electron chi connectivity index (χ3n) is 4.56. The smallest absolute Gasteiger partial charge is 0.249 e. The van der Waals surface area contributed by atoms with E-state index < -0.39 is 23.6 Å². The van der Waals surface area contributed by atoms with Crippen LogP contribution in [0.4, 0.5) is 0 Å². The van der Waals surface area contributed by atoms with Crippen molar-refractivity contribution < 1.29 is 19.1 Å². The van der Waals surface area contributed by atoms with Crippen molar-refractivity contribution in [1.82, 2.24) is 10.6 Å². The lowest BCUT2D eigenvalue weighted by molar-refractivity contribution is -0.120. The number of methoxy groups -OCH3 is 1. The number of rotatable bonds is 10. The Morgan fingerprint density at radius 3 is 2.40 bits per heavy atom. The van der Waals surface area contributed by atoms with Crippen molar-refractivity contribution in [1.29, 1.82) is 5.41 Å². The molecule has 1 unspecified atom stereocenters. The largest absolute Gasteiger partial charge is 0.496 e. The van der Waals surface area contributed by atoms with Crippen molar-refractivity contribution in [2.24, 2.45) is 17.2 Å². The van der Waals surface area contributed by atoms with Gasteiger partial charge in [-0.15, -0.1) is 0 Å². The Bertz CT molecular complexity index is 975. The third-order valence-corrected chi connectivity index (χ3v) is 4.56. The number of carbonyl (C=O) groups is 3. The molecule has 0 aliphatic carbocycles. The summed E-state index contributed by atoms with van der Waals surface area (Å²) in [5.41, 5.74) is 16.3. The zero-order valence-electron chi connectivity index (χ0n) is 16.7. The van der Waals surface area contributed by atoms with Crippen LogP contribution < -0.4 is 32.6 Å². The highest BCUT2D eigenvalue weighted by Gasteiger charge is 2.28. The molecule has 2 rings (SSSR count). The summed E-state index contributed by atoms with van der Waals surface area (Å²) in [5, 5.41) is 13.6. The van der Waals surface area contributed by atoms with E-state index in [1.165, 1.54) is 13.2 Å². The Labute approximate surface area is 173 Å². The van der Waals surface area contributed by atoms with E-state index in [1.807, 2.05) is 0 Å². The maximum atomic E-state index is 13.5. The molecular weight excluding hydrogens is 388 g/mol. The third kappa shape index (κ3) is 5.23. The summed E-state index contributed by atoms with van der Waals surface area (Å²) in [6, 6.07) is 7.45. The van der Waals surface area contributed by atoms with Crippen molar-refractivity contribution in [3.05, 3.63) is 41.5 Å². The highest BCUT2D eigenvalue weighted by molar-refractivity contribution is 6.19. The van der Waals surface area contributed by atoms with Crippen LogP contribution in [0.5, 0.6) is 5.75 Å². The fourth-order valence-electron chi connectivity index (χ4n) is 3.20. The molecule has 0 heterocycles. The van der Waals surface area contributed by atoms with Gasteiger partial charge in [-0.25, -0.2) is 0 Å². The molecule has 0 aliphatic rings. The number of hydrogen-bond donors (Lipinski definition) is 6. The van der Waals surface area contributed by atoms with Crippen LogP contribution in [0.15, 0.2) is 30.3 Å². The Morgan fingerprint density at radius 1 is 1.17 bits per heavy atom. The number of amides is 2. The lowest BCUT2D eigenvalue weighted by Gasteiger charge is -2.21. The molecule has 0 radical (unpaired) electrons. The van der Waals surface area contributed by atoms with Gasteiger partial charge in [-0.05, 0) is 24.3 Å². The first-order chi connectivity index (χ1) is 14.3. The normalized spacial score (nSPS) is 11.5. The van der Waals surface area contributed by atoms with E-state index in [9.17, 15) is 14.4 Å². The first-order valence-electron chi connectivity index (χ1n) is 9.31. The Kier molecular flexibility index (Phi) is 7.70. The van der Waals surface area contributed by atoms with E-state index in [2.05, 4.69) is 10.6 Å². The average molecular weight is 414 g/mol. The van der Waals surface area contributed by atoms with Crippen LogP contribution in [0.25, 0.3) is 10.8 Å². The Hall–Kier alpha value is -3.66. The lowest BCUT2D eigenvalue weighted by Crippen LogP contribution is -2.44. The number of hydrogen-bond acceptors (Lipinski definition) is 6. The van der Waals surface area contributed by atoms with Gasteiger partial charge in [-0.2, -0.15) is 0 Å². The van der Waals surface area contributed by atoms with Crippen LogP contribution in [0.3, 0.4) is 0 Å². The number of ether oxygens (including phenoxy) is 1. The number of nitrogens with two attached hydrogens (primary N) is 3. The summed E-state index contributed by atoms with van der Waals surface area (Å²) >= 11 is 0. The molecule has 1 atom stereocenters. The molecule has 10 heteroatoms. The summed E-state index contributed by atoms with van der Waals surface area (Å²) in [5.74, 6) is -1.55. The molecular formula is C20H26N6O4. The molecule has 30 heavy (non-hydrogen) atoms. The second kappa shape index (κ2) is 10.2.